The molecule has 0 aliphatic rings. The first-order valence-corrected chi connectivity index (χ1v) is 9.95. The van der Waals surface area contributed by atoms with E-state index in [2.05, 4.69) is 15.6 Å². The van der Waals surface area contributed by atoms with Gasteiger partial charge in [0.1, 0.15) is 11.5 Å². The van der Waals surface area contributed by atoms with E-state index in [1.807, 2.05) is 30.3 Å². The fourth-order valence-electron chi connectivity index (χ4n) is 2.60. The molecule has 8 heteroatoms. The summed E-state index contributed by atoms with van der Waals surface area (Å²) in [4.78, 5) is 28.8. The number of nitrogens with zero attached hydrogens (tertiary/aromatic N) is 1. The summed E-state index contributed by atoms with van der Waals surface area (Å²) >= 11 is 1.26. The molecular weight excluding hydrogens is 402 g/mol. The Morgan fingerprint density at radius 2 is 1.87 bits per heavy atom. The molecule has 30 heavy (non-hydrogen) atoms. The Balaban J connectivity index is 1.57. The van der Waals surface area contributed by atoms with Crippen molar-refractivity contribution in [3.8, 4) is 11.5 Å². The molecule has 7 nitrogen and oxygen atoms in total. The van der Waals surface area contributed by atoms with Crippen LogP contribution in [-0.4, -0.2) is 31.0 Å². The van der Waals surface area contributed by atoms with Crippen molar-refractivity contribution in [1.82, 2.24) is 4.98 Å². The van der Waals surface area contributed by atoms with Crippen LogP contribution in [0, 0.1) is 0 Å². The molecule has 1 heterocycles. The Bertz CT molecular complexity index is 1050. The average molecular weight is 423 g/mol. The second-order valence-corrected chi connectivity index (χ2v) is 7.03. The second kappa shape index (κ2) is 10.2. The minimum absolute atomic E-state index is 0.0621. The second-order valence-electron chi connectivity index (χ2n) is 6.17. The van der Waals surface area contributed by atoms with Crippen LogP contribution in [-0.2, 0) is 16.0 Å². The quantitative estimate of drug-likeness (QED) is 0.535. The molecule has 2 amide bonds. The summed E-state index contributed by atoms with van der Waals surface area (Å²) in [6.45, 7) is 0. The van der Waals surface area contributed by atoms with E-state index in [0.29, 0.717) is 28.0 Å². The van der Waals surface area contributed by atoms with Gasteiger partial charge in [0.2, 0.25) is 11.8 Å². The number of carbonyl (C=O) groups excluding carboxylic acids is 2. The molecule has 2 aromatic carbocycles. The summed E-state index contributed by atoms with van der Waals surface area (Å²) in [5.74, 6) is 0.591. The molecule has 1 aromatic heterocycles. The van der Waals surface area contributed by atoms with Crippen LogP contribution in [0.3, 0.4) is 0 Å². The van der Waals surface area contributed by atoms with E-state index in [4.69, 9.17) is 9.47 Å². The number of anilines is 2. The summed E-state index contributed by atoms with van der Waals surface area (Å²) < 4.78 is 10.4. The summed E-state index contributed by atoms with van der Waals surface area (Å²) in [6.07, 6.45) is 3.23. The van der Waals surface area contributed by atoms with Gasteiger partial charge in [-0.15, -0.1) is 11.3 Å². The average Bonchev–Trinajstić information content (AvgIpc) is 3.19. The predicted molar refractivity (Wildman–Crippen MR) is 118 cm³/mol. The zero-order valence-corrected chi connectivity index (χ0v) is 17.4. The van der Waals surface area contributed by atoms with E-state index >= 15 is 0 Å². The molecule has 0 aliphatic carbocycles. The number of ether oxygens (including phenoxy) is 2. The fourth-order valence-corrected chi connectivity index (χ4v) is 3.31. The number of amides is 2. The van der Waals surface area contributed by atoms with Crippen molar-refractivity contribution in [3.05, 3.63) is 71.2 Å². The fraction of sp³-hybridized carbons (Fsp3) is 0.136. The van der Waals surface area contributed by atoms with Crippen LogP contribution in [0.5, 0.6) is 11.5 Å². The van der Waals surface area contributed by atoms with Crippen LogP contribution in [0.15, 0.2) is 60.0 Å². The molecule has 2 N–H and O–H groups in total. The third-order valence-corrected chi connectivity index (χ3v) is 4.84. The largest absolute Gasteiger partial charge is 0.497 e. The van der Waals surface area contributed by atoms with Crippen molar-refractivity contribution in [2.75, 3.05) is 24.9 Å². The first-order valence-electron chi connectivity index (χ1n) is 9.08. The van der Waals surface area contributed by atoms with Crippen molar-refractivity contribution in [1.29, 1.82) is 0 Å². The molecule has 0 spiro atoms. The molecule has 154 valence electrons. The maximum absolute atomic E-state index is 12.4. The lowest BCUT2D eigenvalue weighted by atomic mass is 10.2. The summed E-state index contributed by atoms with van der Waals surface area (Å²) in [5.41, 5.74) is 2.00. The number of carbonyl (C=O) groups is 2. The van der Waals surface area contributed by atoms with Crippen LogP contribution in [0.2, 0.25) is 0 Å². The highest BCUT2D eigenvalue weighted by Crippen LogP contribution is 2.29. The Labute approximate surface area is 178 Å². The summed E-state index contributed by atoms with van der Waals surface area (Å²) in [7, 11) is 3.08. The van der Waals surface area contributed by atoms with Crippen LogP contribution in [0.1, 0.15) is 11.3 Å². The van der Waals surface area contributed by atoms with Crippen molar-refractivity contribution < 1.29 is 19.1 Å². The lowest BCUT2D eigenvalue weighted by Gasteiger charge is -2.11. The molecule has 0 radical (unpaired) electrons. The van der Waals surface area contributed by atoms with Crippen LogP contribution >= 0.6 is 11.3 Å². The first-order chi connectivity index (χ1) is 14.6. The van der Waals surface area contributed by atoms with Crippen LogP contribution < -0.4 is 20.1 Å². The number of methoxy groups -OCH3 is 2. The van der Waals surface area contributed by atoms with Crippen molar-refractivity contribution in [2.45, 2.75) is 6.42 Å². The minimum Gasteiger partial charge on any atom is -0.497 e. The first kappa shape index (κ1) is 21.1. The van der Waals surface area contributed by atoms with Gasteiger partial charge in [-0.3, -0.25) is 14.9 Å². The lowest BCUT2D eigenvalue weighted by Crippen LogP contribution is -2.15. The Morgan fingerprint density at radius 3 is 2.60 bits per heavy atom. The molecule has 0 saturated carbocycles. The normalized spacial score (nSPS) is 10.6. The summed E-state index contributed by atoms with van der Waals surface area (Å²) in [6, 6.07) is 14.7. The molecule has 0 unspecified atom stereocenters. The van der Waals surface area contributed by atoms with Crippen molar-refractivity contribution >= 4 is 40.0 Å². The van der Waals surface area contributed by atoms with Gasteiger partial charge in [-0.2, -0.15) is 0 Å². The van der Waals surface area contributed by atoms with Gasteiger partial charge in [-0.25, -0.2) is 4.98 Å². The molecule has 0 fully saturated rings. The molecule has 0 atom stereocenters. The topological polar surface area (TPSA) is 89.5 Å². The van der Waals surface area contributed by atoms with E-state index in [0.717, 1.165) is 5.56 Å². The van der Waals surface area contributed by atoms with E-state index < -0.39 is 0 Å². The molecule has 0 saturated heterocycles. The van der Waals surface area contributed by atoms with Gasteiger partial charge >= 0.3 is 0 Å². The van der Waals surface area contributed by atoms with Gasteiger partial charge in [-0.1, -0.05) is 30.3 Å². The van der Waals surface area contributed by atoms with Gasteiger partial charge in [0.05, 0.1) is 32.0 Å². The Hall–Kier alpha value is -3.65. The number of rotatable bonds is 8. The Kier molecular flexibility index (Phi) is 7.18. The third-order valence-electron chi connectivity index (χ3n) is 4.03. The van der Waals surface area contributed by atoms with Crippen LogP contribution in [0.4, 0.5) is 10.8 Å². The predicted octanol–water partition coefficient (Wildman–Crippen LogP) is 3.99. The number of hydrogen-bond donors (Lipinski definition) is 2. The van der Waals surface area contributed by atoms with Gasteiger partial charge in [-0.05, 0) is 23.8 Å². The van der Waals surface area contributed by atoms with E-state index in [1.54, 1.807) is 36.8 Å². The lowest BCUT2D eigenvalue weighted by molar-refractivity contribution is -0.115. The summed E-state index contributed by atoms with van der Waals surface area (Å²) in [5, 5.41) is 7.66. The molecule has 0 bridgehead atoms. The maximum Gasteiger partial charge on any atom is 0.250 e. The third kappa shape index (κ3) is 5.92. The zero-order valence-electron chi connectivity index (χ0n) is 16.5. The number of hydrogen-bond acceptors (Lipinski definition) is 6. The molecular formula is C22H21N3O4S. The van der Waals surface area contributed by atoms with Crippen molar-refractivity contribution in [3.63, 3.8) is 0 Å². The standard InChI is InChI=1S/C22H21N3O4S/c1-28-17-9-10-19(29-2)18(13-17)24-21(27)12-16-14-30-22(23-16)25-20(26)11-8-15-6-4-3-5-7-15/h3-11,13-14H,12H2,1-2H3,(H,24,27)(H,23,25,26)/b11-8+. The SMILES string of the molecule is COc1ccc(OC)c(NC(=O)Cc2csc(NC(=O)/C=C/c3ccccc3)n2)c1. The molecule has 0 aliphatic heterocycles. The molecule has 3 rings (SSSR count). The van der Waals surface area contributed by atoms with E-state index in [1.165, 1.54) is 24.5 Å². The van der Waals surface area contributed by atoms with E-state index in [9.17, 15) is 9.59 Å². The van der Waals surface area contributed by atoms with Crippen molar-refractivity contribution in [2.24, 2.45) is 0 Å². The molecule has 3 aromatic rings. The smallest absolute Gasteiger partial charge is 0.250 e. The van der Waals surface area contributed by atoms with Gasteiger partial charge in [0.25, 0.3) is 0 Å². The highest BCUT2D eigenvalue weighted by atomic mass is 32.1. The number of aromatic nitrogens is 1. The maximum atomic E-state index is 12.4. The van der Waals surface area contributed by atoms with Gasteiger partial charge in [0, 0.05) is 17.5 Å². The zero-order chi connectivity index (χ0) is 21.3. The highest BCUT2D eigenvalue weighted by Gasteiger charge is 2.12. The highest BCUT2D eigenvalue weighted by molar-refractivity contribution is 7.14. The number of nitrogens with one attached hydrogen (secondary N) is 2. The minimum atomic E-state index is -0.287. The number of benzene rings is 2. The Morgan fingerprint density at radius 1 is 1.07 bits per heavy atom. The van der Waals surface area contributed by atoms with E-state index in [-0.39, 0.29) is 18.2 Å². The van der Waals surface area contributed by atoms with Gasteiger partial charge < -0.3 is 14.8 Å². The number of thiazole rings is 1. The monoisotopic (exact) mass is 423 g/mol. The van der Waals surface area contributed by atoms with Gasteiger partial charge in [0.15, 0.2) is 5.13 Å². The van der Waals surface area contributed by atoms with Crippen LogP contribution in [0.25, 0.3) is 6.08 Å².